The first kappa shape index (κ1) is 14.6. The molecule has 21 heavy (non-hydrogen) atoms. The molecule has 112 valence electrons. The van der Waals surface area contributed by atoms with Gasteiger partial charge in [-0.1, -0.05) is 0 Å². The molecule has 1 heterocycles. The molecule has 0 radical (unpaired) electrons. The van der Waals surface area contributed by atoms with E-state index in [9.17, 15) is 13.6 Å². The number of hydrogen-bond donors (Lipinski definition) is 2. The number of nitrogen functional groups attached to an aromatic ring is 1. The van der Waals surface area contributed by atoms with Crippen molar-refractivity contribution >= 4 is 11.8 Å². The maximum absolute atomic E-state index is 12.2. The van der Waals surface area contributed by atoms with E-state index in [1.165, 1.54) is 25.3 Å². The number of rotatable bonds is 5. The summed E-state index contributed by atoms with van der Waals surface area (Å²) in [5, 5.41) is 0. The minimum atomic E-state index is -2.98. The van der Waals surface area contributed by atoms with Gasteiger partial charge in [0.05, 0.1) is 7.11 Å². The third-order valence-electron chi connectivity index (χ3n) is 2.51. The first-order chi connectivity index (χ1) is 9.92. The number of hydrogen-bond acceptors (Lipinski definition) is 6. The normalized spacial score (nSPS) is 10.7. The van der Waals surface area contributed by atoms with Crippen molar-refractivity contribution in [3.8, 4) is 23.0 Å². The monoisotopic (exact) mass is 299 g/mol. The third kappa shape index (κ3) is 3.02. The summed E-state index contributed by atoms with van der Waals surface area (Å²) in [6.45, 7) is -2.98. The van der Waals surface area contributed by atoms with Crippen LogP contribution in [0.4, 0.5) is 14.7 Å². The van der Waals surface area contributed by atoms with E-state index >= 15 is 0 Å². The number of methoxy groups -OCH3 is 1. The summed E-state index contributed by atoms with van der Waals surface area (Å²) in [5.74, 6) is -1.17. The maximum Gasteiger partial charge on any atom is 0.387 e. The highest BCUT2D eigenvalue weighted by atomic mass is 19.3. The van der Waals surface area contributed by atoms with E-state index in [-0.39, 0.29) is 29.0 Å². The van der Waals surface area contributed by atoms with Crippen molar-refractivity contribution in [1.29, 1.82) is 0 Å². The van der Waals surface area contributed by atoms with Gasteiger partial charge >= 0.3 is 6.61 Å². The molecule has 0 unspecified atom stereocenters. The van der Waals surface area contributed by atoms with Crippen molar-refractivity contribution in [2.75, 3.05) is 12.8 Å². The smallest absolute Gasteiger partial charge is 0.387 e. The highest BCUT2D eigenvalue weighted by molar-refractivity contribution is 5.95. The Kier molecular flexibility index (Phi) is 3.92. The number of carbonyl (C=O) groups excluding carboxylic acids is 1. The summed E-state index contributed by atoms with van der Waals surface area (Å²) in [6.07, 6.45) is 0. The molecular formula is C12H11F2N3O4. The first-order valence-corrected chi connectivity index (χ1v) is 5.61. The van der Waals surface area contributed by atoms with Gasteiger partial charge in [0, 0.05) is 5.56 Å². The van der Waals surface area contributed by atoms with Gasteiger partial charge in [-0.15, -0.1) is 0 Å². The summed E-state index contributed by atoms with van der Waals surface area (Å²) in [4.78, 5) is 14.9. The molecular weight excluding hydrogens is 288 g/mol. The zero-order chi connectivity index (χ0) is 15.6. The number of alkyl halides is 2. The zero-order valence-electron chi connectivity index (χ0n) is 10.8. The lowest BCUT2D eigenvalue weighted by molar-refractivity contribution is -0.0512. The SMILES string of the molecule is COc1cc(-c2nc(C(N)=O)c(N)o2)ccc1OC(F)F. The van der Waals surface area contributed by atoms with Crippen LogP contribution in [-0.4, -0.2) is 24.6 Å². The van der Waals surface area contributed by atoms with Crippen molar-refractivity contribution < 1.29 is 27.5 Å². The molecule has 0 saturated carbocycles. The molecule has 0 aliphatic heterocycles. The maximum atomic E-state index is 12.2. The van der Waals surface area contributed by atoms with Crippen LogP contribution >= 0.6 is 0 Å². The molecule has 7 nitrogen and oxygen atoms in total. The summed E-state index contributed by atoms with van der Waals surface area (Å²) in [7, 11) is 1.29. The molecule has 1 aromatic carbocycles. The number of benzene rings is 1. The van der Waals surface area contributed by atoms with E-state index in [2.05, 4.69) is 9.72 Å². The van der Waals surface area contributed by atoms with Crippen molar-refractivity contribution in [1.82, 2.24) is 4.98 Å². The van der Waals surface area contributed by atoms with E-state index in [0.717, 1.165) is 0 Å². The van der Waals surface area contributed by atoms with Gasteiger partial charge in [-0.2, -0.15) is 8.78 Å². The molecule has 0 aliphatic carbocycles. The van der Waals surface area contributed by atoms with E-state index < -0.39 is 12.5 Å². The minimum absolute atomic E-state index is 0.00296. The zero-order valence-corrected chi connectivity index (χ0v) is 10.8. The molecule has 0 saturated heterocycles. The highest BCUT2D eigenvalue weighted by Crippen LogP contribution is 2.34. The van der Waals surface area contributed by atoms with Gasteiger partial charge in [0.15, 0.2) is 17.2 Å². The standard InChI is InChI=1S/C12H11F2N3O4/c1-19-7-4-5(2-3-6(7)20-12(13)14)11-17-8(9(15)18)10(16)21-11/h2-4,12H,16H2,1H3,(H2,15,18). The molecule has 2 rings (SSSR count). The minimum Gasteiger partial charge on any atom is -0.493 e. The number of nitrogens with two attached hydrogens (primary N) is 2. The quantitative estimate of drug-likeness (QED) is 0.867. The van der Waals surface area contributed by atoms with E-state index in [1.54, 1.807) is 0 Å². The van der Waals surface area contributed by atoms with Crippen LogP contribution in [0.2, 0.25) is 0 Å². The van der Waals surface area contributed by atoms with Gasteiger partial charge in [0.2, 0.25) is 11.8 Å². The Morgan fingerprint density at radius 1 is 1.38 bits per heavy atom. The Morgan fingerprint density at radius 3 is 2.62 bits per heavy atom. The summed E-state index contributed by atoms with van der Waals surface area (Å²) in [5.41, 5.74) is 10.7. The lowest BCUT2D eigenvalue weighted by atomic mass is 10.2. The van der Waals surface area contributed by atoms with Crippen LogP contribution < -0.4 is 20.9 Å². The second kappa shape index (κ2) is 5.65. The third-order valence-corrected chi connectivity index (χ3v) is 2.51. The fourth-order valence-corrected chi connectivity index (χ4v) is 1.63. The van der Waals surface area contributed by atoms with Crippen LogP contribution in [0.3, 0.4) is 0 Å². The number of anilines is 1. The molecule has 0 aliphatic rings. The van der Waals surface area contributed by atoms with Gasteiger partial charge in [0.25, 0.3) is 5.91 Å². The first-order valence-electron chi connectivity index (χ1n) is 5.61. The molecule has 1 amide bonds. The Labute approximate surface area is 117 Å². The number of oxazole rings is 1. The number of nitrogens with zero attached hydrogens (tertiary/aromatic N) is 1. The largest absolute Gasteiger partial charge is 0.493 e. The van der Waals surface area contributed by atoms with E-state index in [4.69, 9.17) is 20.6 Å². The molecule has 4 N–H and O–H groups in total. The van der Waals surface area contributed by atoms with Gasteiger partial charge < -0.3 is 25.4 Å². The van der Waals surface area contributed by atoms with E-state index in [0.29, 0.717) is 5.56 Å². The van der Waals surface area contributed by atoms with Crippen molar-refractivity contribution in [3.05, 3.63) is 23.9 Å². The van der Waals surface area contributed by atoms with Crippen LogP contribution in [0.25, 0.3) is 11.5 Å². The number of primary amides is 1. The Morgan fingerprint density at radius 2 is 2.10 bits per heavy atom. The Bertz CT molecular complexity index is 673. The van der Waals surface area contributed by atoms with Gasteiger partial charge in [-0.3, -0.25) is 4.79 Å². The highest BCUT2D eigenvalue weighted by Gasteiger charge is 2.18. The Hall–Kier alpha value is -2.84. The number of ether oxygens (including phenoxy) is 2. The number of halogens is 2. The molecule has 0 atom stereocenters. The molecule has 9 heteroatoms. The number of aromatic nitrogens is 1. The van der Waals surface area contributed by atoms with Crippen LogP contribution in [0.15, 0.2) is 22.6 Å². The average molecular weight is 299 g/mol. The van der Waals surface area contributed by atoms with Gasteiger partial charge in [-0.25, -0.2) is 4.98 Å². The molecule has 0 bridgehead atoms. The Balaban J connectivity index is 2.41. The second-order valence-corrected chi connectivity index (χ2v) is 3.84. The summed E-state index contributed by atoms with van der Waals surface area (Å²) in [6, 6.07) is 4.01. The fourth-order valence-electron chi connectivity index (χ4n) is 1.63. The van der Waals surface area contributed by atoms with Crippen LogP contribution in [-0.2, 0) is 0 Å². The predicted octanol–water partition coefficient (Wildman–Crippen LogP) is 1.63. The van der Waals surface area contributed by atoms with E-state index in [1.807, 2.05) is 0 Å². The molecule has 1 aromatic heterocycles. The topological polar surface area (TPSA) is 114 Å². The number of carbonyl (C=O) groups is 1. The van der Waals surface area contributed by atoms with Crippen molar-refractivity contribution in [2.45, 2.75) is 6.61 Å². The molecule has 0 spiro atoms. The van der Waals surface area contributed by atoms with Gasteiger partial charge in [-0.05, 0) is 18.2 Å². The average Bonchev–Trinajstić information content (AvgIpc) is 2.81. The lowest BCUT2D eigenvalue weighted by Crippen LogP contribution is -2.13. The molecule has 2 aromatic rings. The van der Waals surface area contributed by atoms with Gasteiger partial charge in [0.1, 0.15) is 0 Å². The summed E-state index contributed by atoms with van der Waals surface area (Å²) < 4.78 is 38.8. The van der Waals surface area contributed by atoms with Crippen LogP contribution in [0.5, 0.6) is 11.5 Å². The fraction of sp³-hybridized carbons (Fsp3) is 0.167. The van der Waals surface area contributed by atoms with Crippen LogP contribution in [0.1, 0.15) is 10.5 Å². The molecule has 0 fully saturated rings. The second-order valence-electron chi connectivity index (χ2n) is 3.84. The predicted molar refractivity (Wildman–Crippen MR) is 68.1 cm³/mol. The van der Waals surface area contributed by atoms with Crippen molar-refractivity contribution in [3.63, 3.8) is 0 Å². The number of amides is 1. The summed E-state index contributed by atoms with van der Waals surface area (Å²) >= 11 is 0. The van der Waals surface area contributed by atoms with Crippen molar-refractivity contribution in [2.24, 2.45) is 5.73 Å². The van der Waals surface area contributed by atoms with Crippen LogP contribution in [0, 0.1) is 0 Å². The lowest BCUT2D eigenvalue weighted by Gasteiger charge is -2.10.